The Morgan fingerprint density at radius 1 is 1.45 bits per heavy atom. The van der Waals surface area contributed by atoms with E-state index in [1.165, 1.54) is 0 Å². The van der Waals surface area contributed by atoms with Crippen molar-refractivity contribution in [3.8, 4) is 11.3 Å². The Morgan fingerprint density at radius 3 is 2.82 bits per heavy atom. The van der Waals surface area contributed by atoms with Gasteiger partial charge in [-0.25, -0.2) is 0 Å². The molecule has 1 saturated heterocycles. The van der Waals surface area contributed by atoms with Gasteiger partial charge in [-0.15, -0.1) is 12.4 Å². The molecule has 0 atom stereocenters. The fourth-order valence-electron chi connectivity index (χ4n) is 2.29. The average Bonchev–Trinajstić information content (AvgIpc) is 2.79. The zero-order valence-corrected chi connectivity index (χ0v) is 13.6. The molecule has 2 heterocycles. The van der Waals surface area contributed by atoms with Crippen molar-refractivity contribution in [3.63, 3.8) is 0 Å². The molecule has 1 aromatic heterocycles. The monoisotopic (exact) mass is 341 g/mol. The third-order valence-electron chi connectivity index (χ3n) is 3.64. The van der Waals surface area contributed by atoms with Crippen LogP contribution in [0.1, 0.15) is 16.1 Å². The van der Waals surface area contributed by atoms with Gasteiger partial charge in [0.25, 0.3) is 5.91 Å². The smallest absolute Gasteiger partial charge is 0.257 e. The summed E-state index contributed by atoms with van der Waals surface area (Å²) in [4.78, 5) is 12.4. The number of hydrogen-bond donors (Lipinski definition) is 2. The normalized spacial score (nSPS) is 14.1. The zero-order valence-electron chi connectivity index (χ0n) is 12.1. The number of halogens is 2. The van der Waals surface area contributed by atoms with Gasteiger partial charge >= 0.3 is 0 Å². The Morgan fingerprint density at radius 2 is 2.18 bits per heavy atom. The first kappa shape index (κ1) is 16.8. The molecule has 118 valence electrons. The lowest BCUT2D eigenvalue weighted by atomic mass is 10.0. The van der Waals surface area contributed by atoms with Gasteiger partial charge < -0.3 is 15.2 Å². The fraction of sp³-hybridized carbons (Fsp3) is 0.333. The number of carbonyl (C=O) groups excluding carboxylic acids is 1. The molecular formula is C15H17Cl2N3O2. The van der Waals surface area contributed by atoms with Gasteiger partial charge in [-0.05, 0) is 13.0 Å². The van der Waals surface area contributed by atoms with Crippen LogP contribution >= 0.6 is 24.0 Å². The zero-order chi connectivity index (χ0) is 14.8. The number of aryl methyl sites for hydroxylation is 1. The predicted octanol–water partition coefficient (Wildman–Crippen LogP) is 2.67. The third kappa shape index (κ3) is 3.27. The number of carbonyl (C=O) groups is 1. The van der Waals surface area contributed by atoms with Crippen LogP contribution in [0.4, 0.5) is 0 Å². The Kier molecular flexibility index (Phi) is 5.45. The van der Waals surface area contributed by atoms with Gasteiger partial charge in [0.2, 0.25) is 0 Å². The highest BCUT2D eigenvalue weighted by molar-refractivity contribution is 6.33. The number of nitrogens with one attached hydrogen (secondary N) is 2. The molecule has 2 aromatic rings. The van der Waals surface area contributed by atoms with E-state index < -0.39 is 0 Å². The number of nitrogens with zero attached hydrogens (tertiary/aromatic N) is 1. The second-order valence-electron chi connectivity index (χ2n) is 5.18. The highest BCUT2D eigenvalue weighted by Gasteiger charge is 2.24. The van der Waals surface area contributed by atoms with E-state index in [-0.39, 0.29) is 18.3 Å². The fourth-order valence-corrected chi connectivity index (χ4v) is 2.52. The summed E-state index contributed by atoms with van der Waals surface area (Å²) < 4.78 is 5.19. The summed E-state index contributed by atoms with van der Waals surface area (Å²) in [6, 6.07) is 7.28. The van der Waals surface area contributed by atoms with E-state index in [0.29, 0.717) is 40.1 Å². The van der Waals surface area contributed by atoms with Crippen molar-refractivity contribution < 1.29 is 9.32 Å². The minimum atomic E-state index is -0.171. The van der Waals surface area contributed by atoms with Gasteiger partial charge in [0.05, 0.1) is 5.02 Å². The quantitative estimate of drug-likeness (QED) is 0.897. The average molecular weight is 342 g/mol. The van der Waals surface area contributed by atoms with Crippen LogP contribution < -0.4 is 10.6 Å². The van der Waals surface area contributed by atoms with E-state index in [1.54, 1.807) is 13.0 Å². The Labute approximate surface area is 139 Å². The molecule has 0 aliphatic carbocycles. The van der Waals surface area contributed by atoms with Crippen molar-refractivity contribution in [2.24, 2.45) is 5.92 Å². The maximum atomic E-state index is 12.4. The van der Waals surface area contributed by atoms with Gasteiger partial charge in [-0.2, -0.15) is 0 Å². The molecule has 3 rings (SSSR count). The first-order valence-corrected chi connectivity index (χ1v) is 7.24. The molecule has 5 nitrogen and oxygen atoms in total. The molecule has 1 fully saturated rings. The summed E-state index contributed by atoms with van der Waals surface area (Å²) in [5, 5.41) is 10.7. The van der Waals surface area contributed by atoms with E-state index in [2.05, 4.69) is 15.8 Å². The molecule has 22 heavy (non-hydrogen) atoms. The van der Waals surface area contributed by atoms with E-state index in [4.69, 9.17) is 16.1 Å². The maximum absolute atomic E-state index is 12.4. The van der Waals surface area contributed by atoms with Gasteiger partial charge in [-0.1, -0.05) is 35.0 Å². The number of aromatic nitrogens is 1. The van der Waals surface area contributed by atoms with Crippen LogP contribution in [0.15, 0.2) is 28.8 Å². The van der Waals surface area contributed by atoms with Crippen LogP contribution in [0.3, 0.4) is 0 Å². The number of rotatable bonds is 4. The third-order valence-corrected chi connectivity index (χ3v) is 3.97. The van der Waals surface area contributed by atoms with Crippen molar-refractivity contribution >= 4 is 29.9 Å². The number of amides is 1. The second-order valence-corrected chi connectivity index (χ2v) is 5.58. The summed E-state index contributed by atoms with van der Waals surface area (Å²) in [7, 11) is 0. The molecule has 7 heteroatoms. The lowest BCUT2D eigenvalue weighted by Crippen LogP contribution is -2.48. The predicted molar refractivity (Wildman–Crippen MR) is 87.6 cm³/mol. The number of hydrogen-bond acceptors (Lipinski definition) is 4. The van der Waals surface area contributed by atoms with Crippen molar-refractivity contribution in [3.05, 3.63) is 40.6 Å². The molecule has 0 bridgehead atoms. The van der Waals surface area contributed by atoms with E-state index >= 15 is 0 Å². The van der Waals surface area contributed by atoms with Gasteiger partial charge in [0, 0.05) is 31.1 Å². The van der Waals surface area contributed by atoms with Crippen LogP contribution in [-0.4, -0.2) is 30.7 Å². The second kappa shape index (κ2) is 7.13. The molecule has 2 N–H and O–H groups in total. The first-order valence-electron chi connectivity index (χ1n) is 6.87. The molecule has 0 unspecified atom stereocenters. The highest BCUT2D eigenvalue weighted by atomic mass is 35.5. The number of benzene rings is 1. The lowest BCUT2D eigenvalue weighted by molar-refractivity contribution is 0.0941. The van der Waals surface area contributed by atoms with Gasteiger partial charge in [0.1, 0.15) is 17.0 Å². The topological polar surface area (TPSA) is 67.2 Å². The first-order chi connectivity index (χ1) is 10.2. The van der Waals surface area contributed by atoms with E-state index in [9.17, 15) is 4.79 Å². The van der Waals surface area contributed by atoms with E-state index in [0.717, 1.165) is 13.1 Å². The Bertz CT molecular complexity index is 669. The molecule has 1 aromatic carbocycles. The summed E-state index contributed by atoms with van der Waals surface area (Å²) in [6.07, 6.45) is 0. The van der Waals surface area contributed by atoms with Crippen LogP contribution in [0, 0.1) is 12.8 Å². The maximum Gasteiger partial charge on any atom is 0.257 e. The van der Waals surface area contributed by atoms with Crippen LogP contribution in [0.2, 0.25) is 5.02 Å². The minimum Gasteiger partial charge on any atom is -0.360 e. The summed E-state index contributed by atoms with van der Waals surface area (Å²) in [5.41, 5.74) is 1.64. The largest absolute Gasteiger partial charge is 0.360 e. The SMILES string of the molecule is Cc1onc(-c2ccccc2Cl)c1C(=O)NCC1CNC1.Cl. The highest BCUT2D eigenvalue weighted by Crippen LogP contribution is 2.30. The molecule has 0 radical (unpaired) electrons. The van der Waals surface area contributed by atoms with Crippen LogP contribution in [0.25, 0.3) is 11.3 Å². The van der Waals surface area contributed by atoms with E-state index in [1.807, 2.05) is 18.2 Å². The minimum absolute atomic E-state index is 0. The van der Waals surface area contributed by atoms with Gasteiger partial charge in [-0.3, -0.25) is 4.79 Å². The van der Waals surface area contributed by atoms with Crippen molar-refractivity contribution in [1.29, 1.82) is 0 Å². The van der Waals surface area contributed by atoms with Crippen LogP contribution in [-0.2, 0) is 0 Å². The Balaban J connectivity index is 0.00000176. The van der Waals surface area contributed by atoms with Gasteiger partial charge in [0.15, 0.2) is 0 Å². The summed E-state index contributed by atoms with van der Waals surface area (Å²) >= 11 is 6.18. The molecule has 1 aliphatic rings. The lowest BCUT2D eigenvalue weighted by Gasteiger charge is -2.27. The van der Waals surface area contributed by atoms with Crippen molar-refractivity contribution in [2.45, 2.75) is 6.92 Å². The molecule has 1 aliphatic heterocycles. The van der Waals surface area contributed by atoms with Crippen molar-refractivity contribution in [2.75, 3.05) is 19.6 Å². The molecule has 0 spiro atoms. The van der Waals surface area contributed by atoms with Crippen LogP contribution in [0.5, 0.6) is 0 Å². The van der Waals surface area contributed by atoms with Crippen molar-refractivity contribution in [1.82, 2.24) is 15.8 Å². The summed E-state index contributed by atoms with van der Waals surface area (Å²) in [6.45, 7) is 4.27. The Hall–Kier alpha value is -1.56. The standard InChI is InChI=1S/C15H16ClN3O2.ClH/c1-9-13(15(20)18-8-10-6-17-7-10)14(19-21-9)11-4-2-3-5-12(11)16;/h2-5,10,17H,6-8H2,1H3,(H,18,20);1H. The molecular weight excluding hydrogens is 325 g/mol. The molecule has 1 amide bonds. The molecule has 0 saturated carbocycles. The summed E-state index contributed by atoms with van der Waals surface area (Å²) in [5.74, 6) is 0.822.